The van der Waals surface area contributed by atoms with E-state index in [4.69, 9.17) is 9.97 Å². The molecule has 59 heavy (non-hydrogen) atoms. The first-order valence-electron chi connectivity index (χ1n) is 20.3. The van der Waals surface area contributed by atoms with Crippen molar-refractivity contribution >= 4 is 21.5 Å². The van der Waals surface area contributed by atoms with Crippen molar-refractivity contribution in [3.8, 4) is 78.4 Å². The summed E-state index contributed by atoms with van der Waals surface area (Å²) in [4.78, 5) is 14.7. The first-order chi connectivity index (χ1) is 29.0. The normalized spacial score (nSPS) is 12.7. The molecule has 0 fully saturated rings. The third-order valence-electron chi connectivity index (χ3n) is 12.2. The van der Waals surface area contributed by atoms with Crippen LogP contribution in [-0.2, 0) is 5.41 Å². The van der Waals surface area contributed by atoms with E-state index in [0.717, 1.165) is 44.6 Å². The molecule has 0 spiro atoms. The van der Waals surface area contributed by atoms with Gasteiger partial charge in [0.05, 0.1) is 11.4 Å². The lowest BCUT2D eigenvalue weighted by molar-refractivity contribution is 0.662. The van der Waals surface area contributed by atoms with Gasteiger partial charge in [0.2, 0.25) is 0 Å². The summed E-state index contributed by atoms with van der Waals surface area (Å²) in [6.07, 6.45) is 3.70. The zero-order valence-electron chi connectivity index (χ0n) is 32.9. The van der Waals surface area contributed by atoms with Gasteiger partial charge in [0, 0.05) is 40.1 Å². The predicted molar refractivity (Wildman–Crippen MR) is 245 cm³/mol. The second-order valence-corrected chi connectivity index (χ2v) is 16.0. The molecular weight excluding hydrogens is 715 g/mol. The Hall–Kier alpha value is -7.49. The lowest BCUT2D eigenvalue weighted by Gasteiger charge is -2.24. The average molecular weight is 754 g/mol. The molecule has 0 atom stereocenters. The minimum Gasteiger partial charge on any atom is -0.264 e. The van der Waals surface area contributed by atoms with E-state index < -0.39 is 0 Å². The van der Waals surface area contributed by atoms with Gasteiger partial charge in [-0.25, -0.2) is 9.97 Å². The van der Waals surface area contributed by atoms with Crippen LogP contribution in [0.25, 0.3) is 100.0 Å². The molecule has 2 heterocycles. The predicted octanol–water partition coefficient (Wildman–Crippen LogP) is 14.5. The molecule has 11 rings (SSSR count). The van der Waals surface area contributed by atoms with Crippen LogP contribution in [0.4, 0.5) is 0 Å². The summed E-state index contributed by atoms with van der Waals surface area (Å²) < 4.78 is 0. The van der Waals surface area contributed by atoms with Gasteiger partial charge in [-0.15, -0.1) is 0 Å². The molecule has 3 heteroatoms. The number of aromatic nitrogens is 3. The number of nitrogens with zero attached hydrogens (tertiary/aromatic N) is 3. The number of hydrogen-bond acceptors (Lipinski definition) is 3. The fraction of sp³-hybridized carbons (Fsp3) is 0.0536. The van der Waals surface area contributed by atoms with Crippen LogP contribution >= 0.6 is 0 Å². The third kappa shape index (κ3) is 5.85. The van der Waals surface area contributed by atoms with Gasteiger partial charge in [-0.05, 0) is 89.8 Å². The highest BCUT2D eigenvalue weighted by Gasteiger charge is 2.38. The summed E-state index contributed by atoms with van der Waals surface area (Å²) in [6.45, 7) is 4.75. The third-order valence-corrected chi connectivity index (χ3v) is 12.2. The van der Waals surface area contributed by atoms with Gasteiger partial charge in [0.25, 0.3) is 0 Å². The Morgan fingerprint density at radius 2 is 1.02 bits per heavy atom. The molecule has 3 nitrogen and oxygen atoms in total. The van der Waals surface area contributed by atoms with Crippen LogP contribution in [0.15, 0.2) is 200 Å². The van der Waals surface area contributed by atoms with Crippen LogP contribution in [-0.4, -0.2) is 15.0 Å². The van der Waals surface area contributed by atoms with Crippen LogP contribution in [0, 0.1) is 0 Å². The number of benzene rings is 8. The van der Waals surface area contributed by atoms with Crippen LogP contribution in [0.2, 0.25) is 0 Å². The Morgan fingerprint density at radius 3 is 1.81 bits per heavy atom. The monoisotopic (exact) mass is 753 g/mol. The van der Waals surface area contributed by atoms with E-state index in [1.54, 1.807) is 6.20 Å². The molecule has 0 saturated carbocycles. The summed E-state index contributed by atoms with van der Waals surface area (Å²) in [5.41, 5.74) is 17.3. The minimum absolute atomic E-state index is 0.126. The lowest BCUT2D eigenvalue weighted by Crippen LogP contribution is -2.16. The Labute approximate surface area is 344 Å². The molecule has 0 radical (unpaired) electrons. The minimum atomic E-state index is -0.126. The van der Waals surface area contributed by atoms with Crippen molar-refractivity contribution < 1.29 is 0 Å². The standard InChI is InChI=1S/C56H39N3/c1-56(2)50-31-28-36-13-6-7-19-44(36)53(50)49-23-11-22-45(54(49)56)38-26-24-37(25-27-38)43-29-30-48(47-21-9-8-20-46(43)47)52-34-51(58-55(59-52)39-14-4-3-5-15-39)41-17-10-16-40(33-41)42-18-12-32-57-35-42/h3-35H,1-2H3. The smallest absolute Gasteiger partial charge is 0.160 e. The molecule has 0 amide bonds. The Morgan fingerprint density at radius 1 is 0.390 bits per heavy atom. The summed E-state index contributed by atoms with van der Waals surface area (Å²) in [5, 5.41) is 4.94. The number of rotatable bonds is 6. The van der Waals surface area contributed by atoms with Crippen molar-refractivity contribution in [3.63, 3.8) is 0 Å². The quantitative estimate of drug-likeness (QED) is 0.170. The maximum absolute atomic E-state index is 5.23. The summed E-state index contributed by atoms with van der Waals surface area (Å²) in [7, 11) is 0. The van der Waals surface area contributed by atoms with E-state index >= 15 is 0 Å². The highest BCUT2D eigenvalue weighted by atomic mass is 14.9. The van der Waals surface area contributed by atoms with Gasteiger partial charge in [-0.1, -0.05) is 184 Å². The molecule has 1 aliphatic carbocycles. The molecule has 10 aromatic rings. The largest absolute Gasteiger partial charge is 0.264 e. The van der Waals surface area contributed by atoms with Crippen LogP contribution in [0.1, 0.15) is 25.0 Å². The van der Waals surface area contributed by atoms with Crippen molar-refractivity contribution in [3.05, 3.63) is 212 Å². The van der Waals surface area contributed by atoms with E-state index in [-0.39, 0.29) is 5.41 Å². The van der Waals surface area contributed by atoms with Gasteiger partial charge < -0.3 is 0 Å². The van der Waals surface area contributed by atoms with Crippen molar-refractivity contribution in [2.24, 2.45) is 0 Å². The number of pyridine rings is 1. The van der Waals surface area contributed by atoms with Gasteiger partial charge in [-0.3, -0.25) is 4.98 Å². The van der Waals surface area contributed by atoms with Crippen molar-refractivity contribution in [1.29, 1.82) is 0 Å². The van der Waals surface area contributed by atoms with E-state index in [1.165, 1.54) is 60.7 Å². The van der Waals surface area contributed by atoms with E-state index in [2.05, 4.69) is 183 Å². The number of fused-ring (bicyclic) bond motifs is 6. The summed E-state index contributed by atoms with van der Waals surface area (Å²) in [6, 6.07) is 67.5. The SMILES string of the molecule is CC1(C)c2ccc3ccccc3c2-c2cccc(-c3ccc(-c4ccc(-c5cc(-c6cccc(-c7cccnc7)c6)nc(-c6ccccc6)n5)c5ccccc45)cc3)c21. The Balaban J connectivity index is 1.00. The van der Waals surface area contributed by atoms with Gasteiger partial charge >= 0.3 is 0 Å². The Kier molecular flexibility index (Phi) is 8.16. The zero-order chi connectivity index (χ0) is 39.5. The highest BCUT2D eigenvalue weighted by molar-refractivity contribution is 6.06. The maximum atomic E-state index is 5.23. The fourth-order valence-corrected chi connectivity index (χ4v) is 9.34. The second-order valence-electron chi connectivity index (χ2n) is 16.0. The van der Waals surface area contributed by atoms with Gasteiger partial charge in [0.1, 0.15) is 0 Å². The van der Waals surface area contributed by atoms with Crippen LogP contribution in [0.5, 0.6) is 0 Å². The highest BCUT2D eigenvalue weighted by Crippen LogP contribution is 2.54. The molecule has 0 bridgehead atoms. The summed E-state index contributed by atoms with van der Waals surface area (Å²) >= 11 is 0. The molecule has 1 aliphatic rings. The summed E-state index contributed by atoms with van der Waals surface area (Å²) in [5.74, 6) is 0.695. The Bertz CT molecular complexity index is 3220. The molecule has 278 valence electrons. The molecule has 0 aliphatic heterocycles. The molecular formula is C56H39N3. The molecule has 0 unspecified atom stereocenters. The van der Waals surface area contributed by atoms with Crippen LogP contribution in [0.3, 0.4) is 0 Å². The topological polar surface area (TPSA) is 38.7 Å². The molecule has 0 N–H and O–H groups in total. The van der Waals surface area contributed by atoms with Gasteiger partial charge in [-0.2, -0.15) is 0 Å². The van der Waals surface area contributed by atoms with Gasteiger partial charge in [0.15, 0.2) is 5.82 Å². The fourth-order valence-electron chi connectivity index (χ4n) is 9.34. The molecule has 2 aromatic heterocycles. The van der Waals surface area contributed by atoms with Crippen molar-refractivity contribution in [2.75, 3.05) is 0 Å². The molecule has 0 saturated heterocycles. The van der Waals surface area contributed by atoms with E-state index in [9.17, 15) is 0 Å². The first-order valence-corrected chi connectivity index (χ1v) is 20.3. The van der Waals surface area contributed by atoms with Crippen molar-refractivity contribution in [2.45, 2.75) is 19.3 Å². The number of hydrogen-bond donors (Lipinski definition) is 0. The molecule has 8 aromatic carbocycles. The second kappa shape index (κ2) is 13.9. The van der Waals surface area contributed by atoms with E-state index in [0.29, 0.717) is 5.82 Å². The average Bonchev–Trinajstić information content (AvgIpc) is 3.55. The lowest BCUT2D eigenvalue weighted by atomic mass is 9.78. The maximum Gasteiger partial charge on any atom is 0.160 e. The zero-order valence-corrected chi connectivity index (χ0v) is 32.9. The van der Waals surface area contributed by atoms with Crippen molar-refractivity contribution in [1.82, 2.24) is 15.0 Å². The first kappa shape index (κ1) is 34.7. The van der Waals surface area contributed by atoms with E-state index in [1.807, 2.05) is 30.5 Å². The van der Waals surface area contributed by atoms with Crippen LogP contribution < -0.4 is 0 Å².